The molecule has 0 spiro atoms. The number of halogens is 1. The Kier molecular flexibility index (Phi) is 7.49. The molecular weight excluding hydrogens is 368 g/mol. The predicted octanol–water partition coefficient (Wildman–Crippen LogP) is 3.85. The van der Waals surface area contributed by atoms with Crippen molar-refractivity contribution in [2.24, 2.45) is 0 Å². The number of amides is 2. The zero-order valence-corrected chi connectivity index (χ0v) is 16.4. The summed E-state index contributed by atoms with van der Waals surface area (Å²) in [4.78, 5) is 26.0. The second-order valence-electron chi connectivity index (χ2n) is 5.74. The van der Waals surface area contributed by atoms with Crippen LogP contribution in [0.1, 0.15) is 24.2 Å². The summed E-state index contributed by atoms with van der Waals surface area (Å²) >= 11 is 5.83. The number of rotatable bonds is 8. The van der Waals surface area contributed by atoms with E-state index in [1.807, 2.05) is 13.8 Å². The summed E-state index contributed by atoms with van der Waals surface area (Å²) in [5, 5.41) is 3.32. The van der Waals surface area contributed by atoms with E-state index in [9.17, 15) is 9.59 Å². The summed E-state index contributed by atoms with van der Waals surface area (Å²) in [6.07, 6.45) is 0. The first-order valence-corrected chi connectivity index (χ1v) is 9.03. The normalized spacial score (nSPS) is 10.2. The zero-order chi connectivity index (χ0) is 19.8. The van der Waals surface area contributed by atoms with Gasteiger partial charge in [-0.1, -0.05) is 11.6 Å². The molecular formula is C20H23ClN2O4. The number of nitrogens with zero attached hydrogens (tertiary/aromatic N) is 1. The van der Waals surface area contributed by atoms with Crippen molar-refractivity contribution in [1.82, 2.24) is 4.90 Å². The number of hydrogen-bond donors (Lipinski definition) is 1. The van der Waals surface area contributed by atoms with Crippen LogP contribution in [0, 0.1) is 0 Å². The molecule has 0 saturated carbocycles. The Bertz CT molecular complexity index is 793. The Morgan fingerprint density at radius 1 is 1.00 bits per heavy atom. The van der Waals surface area contributed by atoms with Crippen LogP contribution in [0.25, 0.3) is 0 Å². The van der Waals surface area contributed by atoms with E-state index < -0.39 is 0 Å². The van der Waals surface area contributed by atoms with Gasteiger partial charge in [-0.25, -0.2) is 0 Å². The van der Waals surface area contributed by atoms with E-state index in [2.05, 4.69) is 5.32 Å². The van der Waals surface area contributed by atoms with Gasteiger partial charge >= 0.3 is 0 Å². The molecule has 2 rings (SSSR count). The average molecular weight is 391 g/mol. The van der Waals surface area contributed by atoms with Crippen molar-refractivity contribution in [3.05, 3.63) is 53.1 Å². The Morgan fingerprint density at radius 2 is 1.63 bits per heavy atom. The van der Waals surface area contributed by atoms with Crippen LogP contribution in [-0.4, -0.2) is 43.5 Å². The van der Waals surface area contributed by atoms with Gasteiger partial charge in [0.15, 0.2) is 11.5 Å². The molecule has 0 heterocycles. The van der Waals surface area contributed by atoms with Gasteiger partial charge in [0.05, 0.1) is 19.8 Å². The van der Waals surface area contributed by atoms with E-state index in [4.69, 9.17) is 21.1 Å². The van der Waals surface area contributed by atoms with Gasteiger partial charge in [-0.05, 0) is 50.2 Å². The molecule has 0 aliphatic rings. The molecule has 2 aromatic rings. The third kappa shape index (κ3) is 5.89. The molecule has 144 valence electrons. The summed E-state index contributed by atoms with van der Waals surface area (Å²) in [5.41, 5.74) is 1.04. The second kappa shape index (κ2) is 9.83. The fourth-order valence-corrected chi connectivity index (χ4v) is 2.56. The Balaban J connectivity index is 2.00. The van der Waals surface area contributed by atoms with Crippen LogP contribution in [0.3, 0.4) is 0 Å². The van der Waals surface area contributed by atoms with Gasteiger partial charge in [-0.3, -0.25) is 9.59 Å². The topological polar surface area (TPSA) is 67.9 Å². The Labute approximate surface area is 164 Å². The van der Waals surface area contributed by atoms with Gasteiger partial charge in [-0.15, -0.1) is 0 Å². The van der Waals surface area contributed by atoms with Crippen LogP contribution in [0.15, 0.2) is 42.5 Å². The maximum atomic E-state index is 12.4. The molecule has 0 aromatic heterocycles. The number of anilines is 1. The highest BCUT2D eigenvalue weighted by molar-refractivity contribution is 6.30. The van der Waals surface area contributed by atoms with Crippen molar-refractivity contribution in [3.63, 3.8) is 0 Å². The van der Waals surface area contributed by atoms with E-state index in [1.165, 1.54) is 4.90 Å². The highest BCUT2D eigenvalue weighted by Gasteiger charge is 2.16. The largest absolute Gasteiger partial charge is 0.490 e. The highest BCUT2D eigenvalue weighted by Crippen LogP contribution is 2.30. The molecule has 0 bridgehead atoms. The fourth-order valence-electron chi connectivity index (χ4n) is 2.43. The van der Waals surface area contributed by atoms with E-state index in [-0.39, 0.29) is 18.4 Å². The SMILES string of the molecule is CCOc1ccc(NC(=O)CN(C)C(=O)c2ccc(Cl)cc2)cc1OCC. The molecule has 0 atom stereocenters. The molecule has 0 aliphatic heterocycles. The van der Waals surface area contributed by atoms with Crippen molar-refractivity contribution in [3.8, 4) is 11.5 Å². The number of ether oxygens (including phenoxy) is 2. The van der Waals surface area contributed by atoms with Crippen LogP contribution in [0.5, 0.6) is 11.5 Å². The van der Waals surface area contributed by atoms with Crippen molar-refractivity contribution in [2.45, 2.75) is 13.8 Å². The molecule has 0 fully saturated rings. The van der Waals surface area contributed by atoms with Crippen molar-refractivity contribution < 1.29 is 19.1 Å². The maximum Gasteiger partial charge on any atom is 0.254 e. The molecule has 1 N–H and O–H groups in total. The first-order chi connectivity index (χ1) is 12.9. The summed E-state index contributed by atoms with van der Waals surface area (Å²) in [6.45, 7) is 4.68. The summed E-state index contributed by atoms with van der Waals surface area (Å²) in [7, 11) is 1.57. The molecule has 27 heavy (non-hydrogen) atoms. The molecule has 2 amide bonds. The molecule has 0 radical (unpaired) electrons. The zero-order valence-electron chi connectivity index (χ0n) is 15.6. The minimum absolute atomic E-state index is 0.0847. The minimum Gasteiger partial charge on any atom is -0.490 e. The third-order valence-corrected chi connectivity index (χ3v) is 3.90. The Hall–Kier alpha value is -2.73. The molecule has 0 saturated heterocycles. The highest BCUT2D eigenvalue weighted by atomic mass is 35.5. The van der Waals surface area contributed by atoms with E-state index in [0.717, 1.165) is 0 Å². The predicted molar refractivity (Wildman–Crippen MR) is 106 cm³/mol. The number of carbonyl (C=O) groups excluding carboxylic acids is 2. The lowest BCUT2D eigenvalue weighted by Gasteiger charge is -2.17. The van der Waals surface area contributed by atoms with Crippen molar-refractivity contribution in [1.29, 1.82) is 0 Å². The van der Waals surface area contributed by atoms with Gasteiger partial charge in [0.25, 0.3) is 5.91 Å². The number of nitrogens with one attached hydrogen (secondary N) is 1. The van der Waals surface area contributed by atoms with Gasteiger partial charge in [0.2, 0.25) is 5.91 Å². The van der Waals surface area contributed by atoms with Crippen LogP contribution < -0.4 is 14.8 Å². The molecule has 2 aromatic carbocycles. The summed E-state index contributed by atoms with van der Waals surface area (Å²) < 4.78 is 11.0. The quantitative estimate of drug-likeness (QED) is 0.743. The lowest BCUT2D eigenvalue weighted by molar-refractivity contribution is -0.116. The lowest BCUT2D eigenvalue weighted by atomic mass is 10.2. The first kappa shape index (κ1) is 20.6. The number of likely N-dealkylation sites (N-methyl/N-ethyl adjacent to an activating group) is 1. The molecule has 7 heteroatoms. The van der Waals surface area contributed by atoms with E-state index >= 15 is 0 Å². The average Bonchev–Trinajstić information content (AvgIpc) is 2.64. The lowest BCUT2D eigenvalue weighted by Crippen LogP contribution is -2.34. The molecule has 0 aliphatic carbocycles. The fraction of sp³-hybridized carbons (Fsp3) is 0.300. The minimum atomic E-state index is -0.313. The number of benzene rings is 2. The summed E-state index contributed by atoms with van der Waals surface area (Å²) in [5.74, 6) is 0.602. The maximum absolute atomic E-state index is 12.4. The molecule has 6 nitrogen and oxygen atoms in total. The second-order valence-corrected chi connectivity index (χ2v) is 6.18. The van der Waals surface area contributed by atoms with Gasteiger partial charge in [0.1, 0.15) is 0 Å². The van der Waals surface area contributed by atoms with E-state index in [0.29, 0.717) is 41.0 Å². The van der Waals surface area contributed by atoms with Gasteiger partial charge in [-0.2, -0.15) is 0 Å². The summed E-state index contributed by atoms with van der Waals surface area (Å²) in [6, 6.07) is 11.7. The van der Waals surface area contributed by atoms with Gasteiger partial charge in [0, 0.05) is 29.4 Å². The van der Waals surface area contributed by atoms with Crippen LogP contribution in [-0.2, 0) is 4.79 Å². The number of carbonyl (C=O) groups is 2. The van der Waals surface area contributed by atoms with Crippen molar-refractivity contribution in [2.75, 3.05) is 32.1 Å². The van der Waals surface area contributed by atoms with Gasteiger partial charge < -0.3 is 19.7 Å². The monoisotopic (exact) mass is 390 g/mol. The standard InChI is InChI=1S/C20H23ClN2O4/c1-4-26-17-11-10-16(12-18(17)27-5-2)22-19(24)13-23(3)20(25)14-6-8-15(21)9-7-14/h6-12H,4-5,13H2,1-3H3,(H,22,24). The van der Waals surface area contributed by atoms with Crippen LogP contribution in [0.2, 0.25) is 5.02 Å². The Morgan fingerprint density at radius 3 is 2.26 bits per heavy atom. The first-order valence-electron chi connectivity index (χ1n) is 8.65. The van der Waals surface area contributed by atoms with Crippen LogP contribution in [0.4, 0.5) is 5.69 Å². The smallest absolute Gasteiger partial charge is 0.254 e. The van der Waals surface area contributed by atoms with Crippen LogP contribution >= 0.6 is 11.6 Å². The number of hydrogen-bond acceptors (Lipinski definition) is 4. The third-order valence-electron chi connectivity index (χ3n) is 3.65. The van der Waals surface area contributed by atoms with Crippen molar-refractivity contribution >= 4 is 29.1 Å². The molecule has 0 unspecified atom stereocenters. The van der Waals surface area contributed by atoms with E-state index in [1.54, 1.807) is 49.5 Å².